The number of ether oxygens (including phenoxy) is 3. The van der Waals surface area contributed by atoms with Crippen LogP contribution >= 0.6 is 0 Å². The molecule has 10 aromatic carbocycles. The fourth-order valence-electron chi connectivity index (χ4n) is 14.4. The van der Waals surface area contributed by atoms with Crippen LogP contribution in [0, 0.1) is 62.3 Å². The van der Waals surface area contributed by atoms with E-state index in [0.29, 0.717) is 117 Å². The number of carboxylic acid groups (broad SMARTS) is 3. The standard InChI is InChI=1S/C83H82O21/c1-38-20-61(84)67(90)29-52(38)76(53-30-68(91)62(85)21-39(53)2)58-26-49(17-44(7)79(58)102-35-73(96)97)82(10,11)47-13-15-48(16-14-47)83(12,50-18-45(8)80(103-36-74(98)99)59(27-50)77(54-31-69(92)63(86)22-40(54)3)55-32-70(93)64(87)23-41(55)4)51-19-46(9)81(104-37-75(100)101)60(28-51)78(56-33-71(94)65(88)24-42(56)5)57-34-72(95)66(89)25-43(57)6/h13-34,76-78,84-95H,35-37H2,1-12H3,(H,96,97)(H,98,99)(H,100,101). The highest BCUT2D eigenvalue weighted by Gasteiger charge is 2.40. The first-order valence-electron chi connectivity index (χ1n) is 33.1. The number of carbonyl (C=O) groups is 3. The summed E-state index contributed by atoms with van der Waals surface area (Å²) < 4.78 is 18.8. The van der Waals surface area contributed by atoms with Gasteiger partial charge in [-0.05, 0) is 265 Å². The highest BCUT2D eigenvalue weighted by atomic mass is 16.5. The van der Waals surface area contributed by atoms with Gasteiger partial charge < -0.3 is 90.8 Å². The van der Waals surface area contributed by atoms with Crippen molar-refractivity contribution in [3.63, 3.8) is 0 Å². The van der Waals surface area contributed by atoms with Gasteiger partial charge in [0.1, 0.15) is 17.2 Å². The summed E-state index contributed by atoms with van der Waals surface area (Å²) in [6.07, 6.45) is 0. The molecule has 0 saturated heterocycles. The fourth-order valence-corrected chi connectivity index (χ4v) is 14.4. The number of aliphatic carboxylic acids is 3. The molecule has 0 radical (unpaired) electrons. The highest BCUT2D eigenvalue weighted by molar-refractivity contribution is 5.73. The lowest BCUT2D eigenvalue weighted by Crippen LogP contribution is -2.28. The van der Waals surface area contributed by atoms with Gasteiger partial charge in [-0.2, -0.15) is 0 Å². The third-order valence-electron chi connectivity index (χ3n) is 20.0. The fraction of sp³-hybridized carbons (Fsp3) is 0.241. The monoisotopic (exact) mass is 1410 g/mol. The van der Waals surface area contributed by atoms with Crippen molar-refractivity contribution in [2.45, 2.75) is 112 Å². The van der Waals surface area contributed by atoms with Gasteiger partial charge in [0.25, 0.3) is 0 Å². The van der Waals surface area contributed by atoms with E-state index in [1.54, 1.807) is 74.4 Å². The smallest absolute Gasteiger partial charge is 0.341 e. The van der Waals surface area contributed by atoms with Crippen LogP contribution in [0.25, 0.3) is 0 Å². The van der Waals surface area contributed by atoms with E-state index in [1.807, 2.05) is 69.3 Å². The van der Waals surface area contributed by atoms with Crippen LogP contribution in [0.4, 0.5) is 0 Å². The number of carboxylic acids is 3. The number of phenols is 12. The maximum Gasteiger partial charge on any atom is 0.341 e. The molecule has 0 bridgehead atoms. The summed E-state index contributed by atoms with van der Waals surface area (Å²) in [5, 5.41) is 164. The number of rotatable bonds is 23. The Hall–Kier alpha value is -12.4. The molecule has 21 nitrogen and oxygen atoms in total. The lowest BCUT2D eigenvalue weighted by molar-refractivity contribution is -0.140. The van der Waals surface area contributed by atoms with Gasteiger partial charge in [-0.3, -0.25) is 0 Å². The van der Waals surface area contributed by atoms with E-state index in [0.717, 1.165) is 0 Å². The molecule has 0 saturated carbocycles. The number of hydrogen-bond acceptors (Lipinski definition) is 18. The molecule has 540 valence electrons. The van der Waals surface area contributed by atoms with E-state index < -0.39 is 135 Å². The van der Waals surface area contributed by atoms with Crippen LogP contribution < -0.4 is 14.2 Å². The number of hydrogen-bond donors (Lipinski definition) is 15. The average Bonchev–Trinajstić information content (AvgIpc) is 0.730. The molecule has 15 N–H and O–H groups in total. The van der Waals surface area contributed by atoms with Crippen molar-refractivity contribution in [1.82, 2.24) is 0 Å². The third-order valence-corrected chi connectivity index (χ3v) is 20.0. The molecule has 0 spiro atoms. The second-order valence-corrected chi connectivity index (χ2v) is 27.5. The van der Waals surface area contributed by atoms with Crippen LogP contribution in [0.3, 0.4) is 0 Å². The average molecular weight is 1420 g/mol. The number of aryl methyl sites for hydroxylation is 9. The lowest BCUT2D eigenvalue weighted by Gasteiger charge is -2.37. The van der Waals surface area contributed by atoms with Crippen molar-refractivity contribution < 1.29 is 105 Å². The Labute approximate surface area is 599 Å². The normalized spacial score (nSPS) is 11.8. The molecule has 0 aromatic heterocycles. The predicted molar refractivity (Wildman–Crippen MR) is 387 cm³/mol. The molecule has 10 rings (SSSR count). The van der Waals surface area contributed by atoms with Gasteiger partial charge in [0.05, 0.1) is 0 Å². The first-order valence-corrected chi connectivity index (χ1v) is 33.1. The van der Waals surface area contributed by atoms with Crippen molar-refractivity contribution in [1.29, 1.82) is 0 Å². The zero-order valence-electron chi connectivity index (χ0n) is 59.2. The Morgan fingerprint density at radius 2 is 0.471 bits per heavy atom. The van der Waals surface area contributed by atoms with Crippen LogP contribution in [-0.4, -0.2) is 114 Å². The van der Waals surface area contributed by atoms with E-state index in [2.05, 4.69) is 0 Å². The molecule has 0 heterocycles. The van der Waals surface area contributed by atoms with Crippen LogP contribution in [0.1, 0.15) is 166 Å². The molecular formula is C83H82O21. The van der Waals surface area contributed by atoms with Crippen LogP contribution in [0.15, 0.2) is 133 Å². The van der Waals surface area contributed by atoms with E-state index in [9.17, 15) is 91.0 Å². The minimum Gasteiger partial charge on any atom is -0.504 e. The first kappa shape index (κ1) is 74.3. The van der Waals surface area contributed by atoms with Gasteiger partial charge in [0.2, 0.25) is 0 Å². The van der Waals surface area contributed by atoms with Crippen molar-refractivity contribution in [2.24, 2.45) is 0 Å². The number of aromatic hydroxyl groups is 12. The largest absolute Gasteiger partial charge is 0.504 e. The molecule has 0 unspecified atom stereocenters. The topological polar surface area (TPSA) is 382 Å². The Morgan fingerprint density at radius 3 is 0.702 bits per heavy atom. The maximum atomic E-state index is 12.6. The van der Waals surface area contributed by atoms with Gasteiger partial charge in [0.15, 0.2) is 88.8 Å². The van der Waals surface area contributed by atoms with Gasteiger partial charge in [-0.1, -0.05) is 62.4 Å². The zero-order valence-corrected chi connectivity index (χ0v) is 59.2. The van der Waals surface area contributed by atoms with Gasteiger partial charge in [0, 0.05) is 45.3 Å². The molecular weight excluding hydrogens is 1330 g/mol. The van der Waals surface area contributed by atoms with Crippen LogP contribution in [0.2, 0.25) is 0 Å². The highest BCUT2D eigenvalue weighted by Crippen LogP contribution is 2.54. The third kappa shape index (κ3) is 14.2. The zero-order chi connectivity index (χ0) is 76.2. The summed E-state index contributed by atoms with van der Waals surface area (Å²) in [4.78, 5) is 37.6. The van der Waals surface area contributed by atoms with Crippen LogP contribution in [-0.2, 0) is 25.2 Å². The summed E-state index contributed by atoms with van der Waals surface area (Å²) >= 11 is 0. The summed E-state index contributed by atoms with van der Waals surface area (Å²) in [5.74, 6) is -12.4. The van der Waals surface area contributed by atoms with E-state index >= 15 is 0 Å². The maximum absolute atomic E-state index is 12.6. The molecule has 0 atom stereocenters. The minimum atomic E-state index is -1.48. The molecule has 0 fully saturated rings. The summed E-state index contributed by atoms with van der Waals surface area (Å²) in [6.45, 7) is 18.8. The van der Waals surface area contributed by atoms with Gasteiger partial charge >= 0.3 is 17.9 Å². The lowest BCUT2D eigenvalue weighted by atomic mass is 9.67. The minimum absolute atomic E-state index is 0.0742. The Bertz CT molecular complexity index is 4740. The van der Waals surface area contributed by atoms with Crippen LogP contribution in [0.5, 0.6) is 86.2 Å². The molecule has 10 aromatic rings. The van der Waals surface area contributed by atoms with E-state index in [4.69, 9.17) is 14.2 Å². The summed E-state index contributed by atoms with van der Waals surface area (Å²) in [7, 11) is 0. The van der Waals surface area contributed by atoms with E-state index in [-0.39, 0.29) is 28.4 Å². The van der Waals surface area contributed by atoms with E-state index in [1.165, 1.54) is 72.8 Å². The first-order chi connectivity index (χ1) is 48.8. The molecule has 0 aliphatic rings. The van der Waals surface area contributed by atoms with Crippen molar-refractivity contribution >= 4 is 17.9 Å². The second-order valence-electron chi connectivity index (χ2n) is 27.5. The molecule has 21 heteroatoms. The van der Waals surface area contributed by atoms with Gasteiger partial charge in [-0.15, -0.1) is 0 Å². The molecule has 0 aliphatic carbocycles. The second kappa shape index (κ2) is 28.6. The predicted octanol–water partition coefficient (Wildman–Crippen LogP) is 14.5. The molecule has 104 heavy (non-hydrogen) atoms. The SMILES string of the molecule is Cc1cc(O)c(O)cc1C(c1cc(O)c(O)cc1C)c1cc(C(C)(C)c2ccc(C(C)(c3cc(C)c(OCC(=O)O)c(C(c4cc(O)c(O)cc4C)c4cc(O)c(O)cc4C)c3)c3cc(C)c(OCC(=O)O)c(C(c4cc(O)c(O)cc4C)c4cc(O)c(O)cc4C)c3)cc2)cc(C)c1OCC(=O)O. The van der Waals surface area contributed by atoms with Crippen molar-refractivity contribution in [3.8, 4) is 86.2 Å². The molecule has 0 aliphatic heterocycles. The summed E-state index contributed by atoms with van der Waals surface area (Å²) in [6, 6.07) is 34.8. The Kier molecular flexibility index (Phi) is 20.4. The Morgan fingerprint density at radius 1 is 0.269 bits per heavy atom. The Balaban J connectivity index is 1.31. The van der Waals surface area contributed by atoms with Gasteiger partial charge in [-0.25, -0.2) is 14.4 Å². The quantitative estimate of drug-likeness (QED) is 0.0209. The summed E-state index contributed by atoms with van der Waals surface area (Å²) in [5.41, 5.74) is 7.70. The number of phenolic OH excluding ortho intramolecular Hbond substituents is 12. The number of benzene rings is 10. The molecule has 0 amide bonds. The van der Waals surface area contributed by atoms with Crippen molar-refractivity contribution in [2.75, 3.05) is 19.8 Å². The van der Waals surface area contributed by atoms with Crippen molar-refractivity contribution in [3.05, 3.63) is 261 Å².